The molecule has 0 radical (unpaired) electrons. The number of likely N-dealkylation sites (tertiary alicyclic amines) is 1. The van der Waals surface area contributed by atoms with Crippen LogP contribution in [-0.2, 0) is 16.1 Å². The molecule has 3 aromatic carbocycles. The van der Waals surface area contributed by atoms with Crippen molar-refractivity contribution < 1.29 is 19.4 Å². The van der Waals surface area contributed by atoms with Crippen molar-refractivity contribution in [2.45, 2.75) is 25.0 Å². The van der Waals surface area contributed by atoms with E-state index in [1.165, 1.54) is 7.11 Å². The van der Waals surface area contributed by atoms with Crippen LogP contribution in [0.25, 0.3) is 10.8 Å². The van der Waals surface area contributed by atoms with Gasteiger partial charge in [-0.1, -0.05) is 60.7 Å². The molecule has 0 bridgehead atoms. The lowest BCUT2D eigenvalue weighted by Gasteiger charge is -2.22. The Morgan fingerprint density at radius 1 is 1.07 bits per heavy atom. The summed E-state index contributed by atoms with van der Waals surface area (Å²) in [6.45, 7) is 1.11. The number of fused-ring (bicyclic) bond motifs is 1. The van der Waals surface area contributed by atoms with Crippen molar-refractivity contribution in [3.8, 4) is 5.75 Å². The van der Waals surface area contributed by atoms with Crippen molar-refractivity contribution >= 4 is 22.6 Å². The summed E-state index contributed by atoms with van der Waals surface area (Å²) in [6.07, 6.45) is 0.458. The van der Waals surface area contributed by atoms with Gasteiger partial charge in [0.2, 0.25) is 0 Å². The number of nitrogens with zero attached hydrogens (tertiary/aromatic N) is 1. The number of ether oxygens (including phenoxy) is 1. The molecule has 2 atom stereocenters. The van der Waals surface area contributed by atoms with Crippen molar-refractivity contribution in [1.82, 2.24) is 10.2 Å². The number of carbonyl (C=O) groups is 2. The quantitative estimate of drug-likeness (QED) is 0.639. The summed E-state index contributed by atoms with van der Waals surface area (Å²) in [5, 5.41) is 15.1. The third kappa shape index (κ3) is 4.00. The summed E-state index contributed by atoms with van der Waals surface area (Å²) < 4.78 is 4.97. The van der Waals surface area contributed by atoms with E-state index in [1.807, 2.05) is 59.5 Å². The zero-order valence-corrected chi connectivity index (χ0v) is 16.7. The van der Waals surface area contributed by atoms with E-state index in [0.717, 1.165) is 10.9 Å². The van der Waals surface area contributed by atoms with E-state index < -0.39 is 6.04 Å². The standard InChI is InChI=1S/C24H24N2O4/c1-30-24(29)21-13-18(15-26(21)14-16-7-3-2-4-8-16)25-23(28)20-12-11-17-9-5-6-10-19(17)22(20)27/h2-12,18,21,27H,13-15H2,1H3,(H,25,28)/t18-,21-/m0/s1. The topological polar surface area (TPSA) is 78.9 Å². The summed E-state index contributed by atoms with van der Waals surface area (Å²) in [4.78, 5) is 27.2. The normalized spacial score (nSPS) is 19.0. The summed E-state index contributed by atoms with van der Waals surface area (Å²) in [6, 6.07) is 20.0. The van der Waals surface area contributed by atoms with Crippen molar-refractivity contribution in [3.05, 3.63) is 77.9 Å². The summed E-state index contributed by atoms with van der Waals surface area (Å²) in [5.74, 6) is -0.695. The van der Waals surface area contributed by atoms with Crippen LogP contribution in [0.3, 0.4) is 0 Å². The zero-order valence-electron chi connectivity index (χ0n) is 16.7. The Labute approximate surface area is 175 Å². The maximum Gasteiger partial charge on any atom is 0.323 e. The zero-order chi connectivity index (χ0) is 21.1. The Kier molecular flexibility index (Phi) is 5.68. The average molecular weight is 404 g/mol. The number of rotatable bonds is 5. The molecular formula is C24H24N2O4. The molecule has 1 saturated heterocycles. The number of carbonyl (C=O) groups excluding carboxylic acids is 2. The number of aromatic hydroxyl groups is 1. The van der Waals surface area contributed by atoms with Crippen LogP contribution in [0, 0.1) is 0 Å². The molecule has 3 aromatic rings. The fourth-order valence-electron chi connectivity index (χ4n) is 4.08. The molecule has 2 N–H and O–H groups in total. The Hall–Kier alpha value is -3.38. The lowest BCUT2D eigenvalue weighted by Crippen LogP contribution is -2.37. The maximum absolute atomic E-state index is 12.9. The molecule has 30 heavy (non-hydrogen) atoms. The molecule has 0 saturated carbocycles. The van der Waals surface area contributed by atoms with Gasteiger partial charge in [-0.25, -0.2) is 0 Å². The van der Waals surface area contributed by atoms with Crippen LogP contribution in [0.4, 0.5) is 0 Å². The monoisotopic (exact) mass is 404 g/mol. The van der Waals surface area contributed by atoms with E-state index in [4.69, 9.17) is 4.74 Å². The molecule has 0 unspecified atom stereocenters. The first kappa shape index (κ1) is 19.9. The van der Waals surface area contributed by atoms with Crippen molar-refractivity contribution in [1.29, 1.82) is 0 Å². The highest BCUT2D eigenvalue weighted by Crippen LogP contribution is 2.29. The molecule has 6 nitrogen and oxygen atoms in total. The van der Waals surface area contributed by atoms with Crippen LogP contribution in [0.1, 0.15) is 22.3 Å². The lowest BCUT2D eigenvalue weighted by atomic mass is 10.0. The number of phenols is 1. The first-order valence-corrected chi connectivity index (χ1v) is 9.94. The van der Waals surface area contributed by atoms with Crippen LogP contribution in [0.15, 0.2) is 66.7 Å². The van der Waals surface area contributed by atoms with E-state index in [9.17, 15) is 14.7 Å². The van der Waals surface area contributed by atoms with Gasteiger partial charge in [-0.2, -0.15) is 0 Å². The summed E-state index contributed by atoms with van der Waals surface area (Å²) in [7, 11) is 1.38. The fourth-order valence-corrected chi connectivity index (χ4v) is 4.08. The smallest absolute Gasteiger partial charge is 0.323 e. The third-order valence-electron chi connectivity index (χ3n) is 5.59. The highest BCUT2D eigenvalue weighted by Gasteiger charge is 2.38. The minimum absolute atomic E-state index is 0.0331. The second kappa shape index (κ2) is 8.55. The Morgan fingerprint density at radius 2 is 1.80 bits per heavy atom. The lowest BCUT2D eigenvalue weighted by molar-refractivity contribution is -0.146. The van der Waals surface area contributed by atoms with Gasteiger partial charge < -0.3 is 15.2 Å². The van der Waals surface area contributed by atoms with Crippen LogP contribution in [-0.4, -0.2) is 47.6 Å². The van der Waals surface area contributed by atoms with Gasteiger partial charge in [0.1, 0.15) is 11.8 Å². The Bertz CT molecular complexity index is 1070. The second-order valence-electron chi connectivity index (χ2n) is 7.54. The fraction of sp³-hybridized carbons (Fsp3) is 0.250. The van der Waals surface area contributed by atoms with Crippen molar-refractivity contribution in [3.63, 3.8) is 0 Å². The largest absolute Gasteiger partial charge is 0.506 e. The van der Waals surface area contributed by atoms with Crippen LogP contribution >= 0.6 is 0 Å². The van der Waals surface area contributed by atoms with E-state index in [0.29, 0.717) is 24.9 Å². The van der Waals surface area contributed by atoms with Crippen molar-refractivity contribution in [2.24, 2.45) is 0 Å². The number of hydrogen-bond donors (Lipinski definition) is 2. The maximum atomic E-state index is 12.9. The molecule has 1 amide bonds. The number of esters is 1. The SMILES string of the molecule is COC(=O)[C@@H]1C[C@H](NC(=O)c2ccc3ccccc3c2O)CN1Cc1ccccc1. The van der Waals surface area contributed by atoms with Crippen LogP contribution in [0.2, 0.25) is 0 Å². The number of phenolic OH excluding ortho intramolecular Hbond substituents is 1. The number of amides is 1. The van der Waals surface area contributed by atoms with Gasteiger partial charge >= 0.3 is 5.97 Å². The van der Waals surface area contributed by atoms with E-state index >= 15 is 0 Å². The van der Waals surface area contributed by atoms with Gasteiger partial charge in [-0.05, 0) is 23.4 Å². The first-order valence-electron chi connectivity index (χ1n) is 9.94. The molecule has 1 aliphatic heterocycles. The predicted octanol–water partition coefficient (Wildman–Crippen LogP) is 3.09. The number of nitrogens with one attached hydrogen (secondary N) is 1. The van der Waals surface area contributed by atoms with E-state index in [2.05, 4.69) is 5.32 Å². The van der Waals surface area contributed by atoms with Gasteiger partial charge in [0, 0.05) is 24.5 Å². The van der Waals surface area contributed by atoms with Gasteiger partial charge in [0.25, 0.3) is 5.91 Å². The predicted molar refractivity (Wildman–Crippen MR) is 114 cm³/mol. The Balaban J connectivity index is 1.51. The minimum Gasteiger partial charge on any atom is -0.506 e. The molecule has 0 spiro atoms. The highest BCUT2D eigenvalue weighted by molar-refractivity contribution is 6.03. The number of hydrogen-bond acceptors (Lipinski definition) is 5. The summed E-state index contributed by atoms with van der Waals surface area (Å²) >= 11 is 0. The highest BCUT2D eigenvalue weighted by atomic mass is 16.5. The second-order valence-corrected chi connectivity index (χ2v) is 7.54. The Morgan fingerprint density at radius 3 is 2.57 bits per heavy atom. The van der Waals surface area contributed by atoms with Gasteiger partial charge in [0.05, 0.1) is 12.7 Å². The minimum atomic E-state index is -0.425. The molecule has 6 heteroatoms. The van der Waals surface area contributed by atoms with Gasteiger partial charge in [0.15, 0.2) is 0 Å². The van der Waals surface area contributed by atoms with Crippen LogP contribution in [0.5, 0.6) is 5.75 Å². The van der Waals surface area contributed by atoms with Crippen molar-refractivity contribution in [2.75, 3.05) is 13.7 Å². The average Bonchev–Trinajstić information content (AvgIpc) is 3.16. The van der Waals surface area contributed by atoms with Crippen LogP contribution < -0.4 is 5.32 Å². The molecule has 0 aliphatic carbocycles. The number of methoxy groups -OCH3 is 1. The first-order chi connectivity index (χ1) is 14.6. The number of benzene rings is 3. The van der Waals surface area contributed by atoms with E-state index in [1.54, 1.807) is 12.1 Å². The molecule has 0 aromatic heterocycles. The molecule has 1 heterocycles. The van der Waals surface area contributed by atoms with Gasteiger partial charge in [-0.3, -0.25) is 14.5 Å². The molecular weight excluding hydrogens is 380 g/mol. The summed E-state index contributed by atoms with van der Waals surface area (Å²) in [5.41, 5.74) is 1.32. The third-order valence-corrected chi connectivity index (χ3v) is 5.59. The molecule has 1 fully saturated rings. The van der Waals surface area contributed by atoms with E-state index in [-0.39, 0.29) is 29.2 Å². The molecule has 1 aliphatic rings. The van der Waals surface area contributed by atoms with Gasteiger partial charge in [-0.15, -0.1) is 0 Å². The molecule has 4 rings (SSSR count). The molecule has 154 valence electrons.